The monoisotopic (exact) mass is 254 g/mol. The number of hydrogen-bond donors (Lipinski definition) is 1. The van der Waals surface area contributed by atoms with Gasteiger partial charge in [0.05, 0.1) is 6.61 Å². The minimum atomic E-state index is 0.372. The second kappa shape index (κ2) is 6.36. The average molecular weight is 254 g/mol. The van der Waals surface area contributed by atoms with E-state index in [4.69, 9.17) is 4.74 Å². The molecule has 1 saturated heterocycles. The molecule has 0 bridgehead atoms. The Kier molecular flexibility index (Phi) is 5.05. The van der Waals surface area contributed by atoms with Crippen LogP contribution in [0, 0.1) is 5.92 Å². The van der Waals surface area contributed by atoms with Gasteiger partial charge in [0.1, 0.15) is 0 Å². The van der Waals surface area contributed by atoms with Gasteiger partial charge >= 0.3 is 0 Å². The third-order valence-electron chi connectivity index (χ3n) is 4.98. The predicted octanol–water partition coefficient (Wildman–Crippen LogP) is 2.27. The van der Waals surface area contributed by atoms with Crippen molar-refractivity contribution in [2.75, 3.05) is 33.4 Å². The van der Waals surface area contributed by atoms with E-state index in [2.05, 4.69) is 24.1 Å². The summed E-state index contributed by atoms with van der Waals surface area (Å²) in [5.74, 6) is 0.942. The Labute approximate surface area is 112 Å². The summed E-state index contributed by atoms with van der Waals surface area (Å²) in [5.41, 5.74) is 0.372. The fourth-order valence-corrected chi connectivity index (χ4v) is 3.32. The number of hydrogen-bond acceptors (Lipinski definition) is 3. The van der Waals surface area contributed by atoms with Crippen molar-refractivity contribution < 1.29 is 4.74 Å². The van der Waals surface area contributed by atoms with Gasteiger partial charge in [-0.25, -0.2) is 0 Å². The van der Waals surface area contributed by atoms with E-state index in [1.807, 2.05) is 7.11 Å². The highest BCUT2D eigenvalue weighted by atomic mass is 16.5. The summed E-state index contributed by atoms with van der Waals surface area (Å²) in [5, 5.41) is 3.76. The van der Waals surface area contributed by atoms with Crippen LogP contribution in [-0.2, 0) is 4.74 Å². The summed E-state index contributed by atoms with van der Waals surface area (Å²) in [4.78, 5) is 2.67. The molecule has 0 aromatic carbocycles. The molecule has 0 aromatic rings. The highest BCUT2D eigenvalue weighted by molar-refractivity contribution is 4.97. The lowest BCUT2D eigenvalue weighted by Gasteiger charge is -2.38. The molecule has 2 aliphatic rings. The van der Waals surface area contributed by atoms with Gasteiger partial charge in [-0.15, -0.1) is 0 Å². The zero-order valence-corrected chi connectivity index (χ0v) is 12.4. The van der Waals surface area contributed by atoms with Crippen molar-refractivity contribution in [3.63, 3.8) is 0 Å². The first-order valence-corrected chi connectivity index (χ1v) is 7.69. The molecule has 1 N–H and O–H groups in total. The molecule has 3 heteroatoms. The van der Waals surface area contributed by atoms with Crippen molar-refractivity contribution in [1.29, 1.82) is 0 Å². The van der Waals surface area contributed by atoms with Gasteiger partial charge in [-0.05, 0) is 51.5 Å². The van der Waals surface area contributed by atoms with Crippen molar-refractivity contribution in [3.05, 3.63) is 0 Å². The first kappa shape index (κ1) is 14.3. The third-order valence-corrected chi connectivity index (χ3v) is 4.98. The van der Waals surface area contributed by atoms with Crippen LogP contribution >= 0.6 is 0 Å². The third kappa shape index (κ3) is 3.46. The number of nitrogens with one attached hydrogen (secondary N) is 1. The molecule has 2 unspecified atom stereocenters. The van der Waals surface area contributed by atoms with Gasteiger partial charge in [0.2, 0.25) is 0 Å². The lowest BCUT2D eigenvalue weighted by molar-refractivity contribution is 0.0897. The summed E-state index contributed by atoms with van der Waals surface area (Å²) in [7, 11) is 1.81. The molecule has 106 valence electrons. The van der Waals surface area contributed by atoms with E-state index < -0.39 is 0 Å². The maximum Gasteiger partial charge on any atom is 0.0589 e. The number of rotatable bonds is 8. The summed E-state index contributed by atoms with van der Waals surface area (Å²) < 4.78 is 5.29. The molecule has 2 fully saturated rings. The molecule has 0 amide bonds. The molecule has 18 heavy (non-hydrogen) atoms. The lowest BCUT2D eigenvalue weighted by Crippen LogP contribution is -2.52. The first-order valence-electron chi connectivity index (χ1n) is 7.69. The number of methoxy groups -OCH3 is 1. The van der Waals surface area contributed by atoms with E-state index in [0.29, 0.717) is 5.54 Å². The van der Waals surface area contributed by atoms with E-state index >= 15 is 0 Å². The van der Waals surface area contributed by atoms with Crippen molar-refractivity contribution in [3.8, 4) is 0 Å². The molecule has 0 aromatic heterocycles. The number of nitrogens with zero attached hydrogens (tertiary/aromatic N) is 1. The molecule has 1 aliphatic carbocycles. The molecular weight excluding hydrogens is 224 g/mol. The van der Waals surface area contributed by atoms with Crippen molar-refractivity contribution >= 4 is 0 Å². The van der Waals surface area contributed by atoms with Crippen LogP contribution in [0.15, 0.2) is 0 Å². The van der Waals surface area contributed by atoms with Gasteiger partial charge in [0, 0.05) is 31.8 Å². The Morgan fingerprint density at radius 2 is 2.22 bits per heavy atom. The molecule has 0 radical (unpaired) electrons. The highest BCUT2D eigenvalue weighted by Crippen LogP contribution is 2.36. The Morgan fingerprint density at radius 1 is 1.44 bits per heavy atom. The standard InChI is InChI=1S/C15H30N2O/c1-4-15(8-5-9-16-15)12-17(10-11-18-3)13(2)14-6-7-14/h13-14,16H,4-12H2,1-3H3. The van der Waals surface area contributed by atoms with Crippen molar-refractivity contribution in [1.82, 2.24) is 10.2 Å². The number of ether oxygens (including phenoxy) is 1. The SMILES string of the molecule is CCC1(CN(CCOC)C(C)C2CC2)CCCN1. The molecule has 0 spiro atoms. The van der Waals surface area contributed by atoms with Gasteiger partial charge in [-0.2, -0.15) is 0 Å². The van der Waals surface area contributed by atoms with Crippen LogP contribution in [0.2, 0.25) is 0 Å². The quantitative estimate of drug-likeness (QED) is 0.719. The molecule has 1 heterocycles. The largest absolute Gasteiger partial charge is 0.383 e. The van der Waals surface area contributed by atoms with Gasteiger partial charge < -0.3 is 10.1 Å². The van der Waals surface area contributed by atoms with E-state index in [1.165, 1.54) is 45.2 Å². The average Bonchev–Trinajstić information content (AvgIpc) is 3.14. The minimum Gasteiger partial charge on any atom is -0.383 e. The summed E-state index contributed by atoms with van der Waals surface area (Å²) >= 11 is 0. The van der Waals surface area contributed by atoms with Gasteiger partial charge in [0.25, 0.3) is 0 Å². The van der Waals surface area contributed by atoms with Crippen LogP contribution in [0.5, 0.6) is 0 Å². The summed E-state index contributed by atoms with van der Waals surface area (Å²) in [6.07, 6.45) is 6.77. The summed E-state index contributed by atoms with van der Waals surface area (Å²) in [6.45, 7) is 9.07. The molecule has 3 nitrogen and oxygen atoms in total. The maximum absolute atomic E-state index is 5.29. The minimum absolute atomic E-state index is 0.372. The van der Waals surface area contributed by atoms with Crippen LogP contribution in [0.3, 0.4) is 0 Å². The molecular formula is C15H30N2O. The van der Waals surface area contributed by atoms with Crippen molar-refractivity contribution in [2.45, 2.75) is 57.5 Å². The predicted molar refractivity (Wildman–Crippen MR) is 75.9 cm³/mol. The van der Waals surface area contributed by atoms with Gasteiger partial charge in [-0.1, -0.05) is 6.92 Å². The second-order valence-electron chi connectivity index (χ2n) is 6.21. The van der Waals surface area contributed by atoms with E-state index in [9.17, 15) is 0 Å². The second-order valence-corrected chi connectivity index (χ2v) is 6.21. The maximum atomic E-state index is 5.29. The van der Waals surface area contributed by atoms with Crippen LogP contribution in [-0.4, -0.2) is 49.8 Å². The van der Waals surface area contributed by atoms with Crippen molar-refractivity contribution in [2.24, 2.45) is 5.92 Å². The van der Waals surface area contributed by atoms with E-state index in [1.54, 1.807) is 0 Å². The Bertz CT molecular complexity index is 247. The fraction of sp³-hybridized carbons (Fsp3) is 1.00. The lowest BCUT2D eigenvalue weighted by atomic mass is 9.92. The smallest absolute Gasteiger partial charge is 0.0589 e. The molecule has 1 aliphatic heterocycles. The van der Waals surface area contributed by atoms with Gasteiger partial charge in [-0.3, -0.25) is 4.90 Å². The van der Waals surface area contributed by atoms with E-state index in [0.717, 1.165) is 25.1 Å². The van der Waals surface area contributed by atoms with Crippen LogP contribution in [0.4, 0.5) is 0 Å². The zero-order chi connectivity index (χ0) is 13.0. The highest BCUT2D eigenvalue weighted by Gasteiger charge is 2.38. The Morgan fingerprint density at radius 3 is 2.72 bits per heavy atom. The Hall–Kier alpha value is -0.120. The fourth-order valence-electron chi connectivity index (χ4n) is 3.32. The first-order chi connectivity index (χ1) is 8.71. The summed E-state index contributed by atoms with van der Waals surface area (Å²) in [6, 6.07) is 0.728. The van der Waals surface area contributed by atoms with Crippen LogP contribution in [0.25, 0.3) is 0 Å². The topological polar surface area (TPSA) is 24.5 Å². The molecule has 1 saturated carbocycles. The zero-order valence-electron chi connectivity index (χ0n) is 12.4. The molecule has 2 rings (SSSR count). The van der Waals surface area contributed by atoms with Crippen LogP contribution in [0.1, 0.15) is 46.0 Å². The Balaban J connectivity index is 1.93. The normalized spacial score (nSPS) is 30.0. The van der Waals surface area contributed by atoms with E-state index in [-0.39, 0.29) is 0 Å². The van der Waals surface area contributed by atoms with Gasteiger partial charge in [0.15, 0.2) is 0 Å². The molecule has 2 atom stereocenters. The van der Waals surface area contributed by atoms with Crippen LogP contribution < -0.4 is 5.32 Å².